The molecule has 2 aromatic carbocycles. The van der Waals surface area contributed by atoms with Crippen molar-refractivity contribution in [3.63, 3.8) is 0 Å². The Labute approximate surface area is 136 Å². The minimum absolute atomic E-state index is 0.444. The summed E-state index contributed by atoms with van der Waals surface area (Å²) in [7, 11) is 0. The topological polar surface area (TPSA) is 67.2 Å². The summed E-state index contributed by atoms with van der Waals surface area (Å²) < 4.78 is 0. The van der Waals surface area contributed by atoms with E-state index in [1.165, 1.54) is 11.1 Å². The standard InChI is InChI=1S/C18H21N3O2/c22-21(23)15-18(19-13-11-16-7-3-1-4-8-16)20-14-12-17-9-5-2-6-10-17/h1-10,15,19-20H,11-14H2. The second-order valence-electron chi connectivity index (χ2n) is 5.15. The third-order valence-electron chi connectivity index (χ3n) is 3.38. The molecule has 0 saturated carbocycles. The van der Waals surface area contributed by atoms with Crippen molar-refractivity contribution in [2.45, 2.75) is 12.8 Å². The first-order chi connectivity index (χ1) is 11.2. The molecule has 0 bridgehead atoms. The van der Waals surface area contributed by atoms with Crippen LogP contribution in [0.2, 0.25) is 0 Å². The number of benzene rings is 2. The largest absolute Gasteiger partial charge is 0.366 e. The average Bonchev–Trinajstić information content (AvgIpc) is 2.56. The molecule has 0 unspecified atom stereocenters. The van der Waals surface area contributed by atoms with E-state index in [1.807, 2.05) is 60.7 Å². The molecule has 0 aliphatic heterocycles. The van der Waals surface area contributed by atoms with E-state index in [9.17, 15) is 10.1 Å². The van der Waals surface area contributed by atoms with Crippen molar-refractivity contribution in [1.29, 1.82) is 0 Å². The van der Waals surface area contributed by atoms with Crippen LogP contribution in [0.4, 0.5) is 0 Å². The van der Waals surface area contributed by atoms with E-state index in [4.69, 9.17) is 0 Å². The van der Waals surface area contributed by atoms with E-state index in [0.29, 0.717) is 18.9 Å². The summed E-state index contributed by atoms with van der Waals surface area (Å²) in [5, 5.41) is 16.9. The van der Waals surface area contributed by atoms with Gasteiger partial charge in [0.05, 0.1) is 4.92 Å². The Morgan fingerprint density at radius 3 is 1.70 bits per heavy atom. The summed E-state index contributed by atoms with van der Waals surface area (Å²) in [6.07, 6.45) is 2.61. The summed E-state index contributed by atoms with van der Waals surface area (Å²) in [5.74, 6) is 0.446. The van der Waals surface area contributed by atoms with Crippen molar-refractivity contribution in [3.8, 4) is 0 Å². The summed E-state index contributed by atoms with van der Waals surface area (Å²) in [4.78, 5) is 10.3. The van der Waals surface area contributed by atoms with Gasteiger partial charge in [0, 0.05) is 13.1 Å². The van der Waals surface area contributed by atoms with E-state index in [2.05, 4.69) is 10.6 Å². The first kappa shape index (κ1) is 16.5. The van der Waals surface area contributed by atoms with Gasteiger partial charge in [0.1, 0.15) is 0 Å². The Morgan fingerprint density at radius 1 is 0.870 bits per heavy atom. The molecule has 0 amide bonds. The number of hydrogen-bond donors (Lipinski definition) is 2. The first-order valence-electron chi connectivity index (χ1n) is 7.65. The molecule has 0 aliphatic rings. The van der Waals surface area contributed by atoms with Crippen LogP contribution in [0.5, 0.6) is 0 Å². The van der Waals surface area contributed by atoms with Crippen molar-refractivity contribution in [3.05, 3.63) is 93.9 Å². The van der Waals surface area contributed by atoms with Crippen LogP contribution < -0.4 is 10.6 Å². The third kappa shape index (κ3) is 6.65. The molecule has 0 spiro atoms. The quantitative estimate of drug-likeness (QED) is 0.552. The van der Waals surface area contributed by atoms with Crippen LogP contribution in [0.3, 0.4) is 0 Å². The number of rotatable bonds is 9. The average molecular weight is 311 g/mol. The molecule has 0 atom stereocenters. The lowest BCUT2D eigenvalue weighted by Gasteiger charge is -2.11. The van der Waals surface area contributed by atoms with Crippen LogP contribution >= 0.6 is 0 Å². The van der Waals surface area contributed by atoms with Crippen LogP contribution in [-0.4, -0.2) is 18.0 Å². The SMILES string of the molecule is O=[N+]([O-])C=C(NCCc1ccccc1)NCCc1ccccc1. The smallest absolute Gasteiger partial charge is 0.274 e. The molecule has 2 N–H and O–H groups in total. The van der Waals surface area contributed by atoms with E-state index >= 15 is 0 Å². The fourth-order valence-electron chi connectivity index (χ4n) is 2.23. The minimum atomic E-state index is -0.444. The van der Waals surface area contributed by atoms with Crippen LogP contribution in [0.1, 0.15) is 11.1 Å². The van der Waals surface area contributed by atoms with Gasteiger partial charge in [-0.2, -0.15) is 0 Å². The van der Waals surface area contributed by atoms with Gasteiger partial charge in [0.25, 0.3) is 6.20 Å². The van der Waals surface area contributed by atoms with E-state index in [1.54, 1.807) is 0 Å². The Hall–Kier alpha value is -2.82. The fourth-order valence-corrected chi connectivity index (χ4v) is 2.23. The van der Waals surface area contributed by atoms with Gasteiger partial charge in [-0.25, -0.2) is 0 Å². The van der Waals surface area contributed by atoms with E-state index < -0.39 is 4.92 Å². The van der Waals surface area contributed by atoms with Crippen LogP contribution in [0, 0.1) is 10.1 Å². The maximum absolute atomic E-state index is 10.7. The predicted molar refractivity (Wildman–Crippen MR) is 91.4 cm³/mol. The highest BCUT2D eigenvalue weighted by Crippen LogP contribution is 2.00. The highest BCUT2D eigenvalue weighted by atomic mass is 16.6. The summed E-state index contributed by atoms with van der Waals surface area (Å²) in [6.45, 7) is 1.28. The molecule has 0 fully saturated rings. The van der Waals surface area contributed by atoms with E-state index in [0.717, 1.165) is 19.0 Å². The molecule has 0 radical (unpaired) electrons. The normalized spacial score (nSPS) is 9.91. The summed E-state index contributed by atoms with van der Waals surface area (Å²) in [5.41, 5.74) is 2.40. The molecule has 120 valence electrons. The third-order valence-corrected chi connectivity index (χ3v) is 3.38. The van der Waals surface area contributed by atoms with E-state index in [-0.39, 0.29) is 0 Å². The van der Waals surface area contributed by atoms with Gasteiger partial charge in [0.2, 0.25) is 0 Å². The maximum Gasteiger partial charge on any atom is 0.274 e. The van der Waals surface area contributed by atoms with Crippen molar-refractivity contribution >= 4 is 0 Å². The van der Waals surface area contributed by atoms with Crippen molar-refractivity contribution in [2.75, 3.05) is 13.1 Å². The molecule has 0 aliphatic carbocycles. The number of nitro groups is 1. The lowest BCUT2D eigenvalue weighted by atomic mass is 10.1. The molecule has 0 saturated heterocycles. The lowest BCUT2D eigenvalue weighted by molar-refractivity contribution is -0.404. The Morgan fingerprint density at radius 2 is 1.30 bits per heavy atom. The Kier molecular flexibility index (Phi) is 6.65. The number of hydrogen-bond acceptors (Lipinski definition) is 4. The van der Waals surface area contributed by atoms with Gasteiger partial charge in [0.15, 0.2) is 5.82 Å². The van der Waals surface area contributed by atoms with Crippen LogP contribution in [0.25, 0.3) is 0 Å². The van der Waals surface area contributed by atoms with Crippen molar-refractivity contribution in [1.82, 2.24) is 10.6 Å². The zero-order chi connectivity index (χ0) is 16.3. The number of nitrogens with zero attached hydrogens (tertiary/aromatic N) is 1. The van der Waals surface area contributed by atoms with Gasteiger partial charge in [-0.3, -0.25) is 10.1 Å². The van der Waals surface area contributed by atoms with Gasteiger partial charge in [-0.05, 0) is 24.0 Å². The van der Waals surface area contributed by atoms with Gasteiger partial charge >= 0.3 is 0 Å². The summed E-state index contributed by atoms with van der Waals surface area (Å²) in [6, 6.07) is 20.1. The Balaban J connectivity index is 1.79. The van der Waals surface area contributed by atoms with Gasteiger partial charge < -0.3 is 10.6 Å². The molecule has 0 aromatic heterocycles. The molecule has 0 heterocycles. The number of nitrogens with one attached hydrogen (secondary N) is 2. The Bertz CT molecular complexity index is 580. The van der Waals surface area contributed by atoms with Crippen molar-refractivity contribution in [2.24, 2.45) is 0 Å². The minimum Gasteiger partial charge on any atom is -0.366 e. The maximum atomic E-state index is 10.7. The van der Waals surface area contributed by atoms with Crippen molar-refractivity contribution < 1.29 is 4.92 Å². The first-order valence-corrected chi connectivity index (χ1v) is 7.65. The molecule has 23 heavy (non-hydrogen) atoms. The fraction of sp³-hybridized carbons (Fsp3) is 0.222. The second-order valence-corrected chi connectivity index (χ2v) is 5.15. The molecule has 5 heteroatoms. The molecular weight excluding hydrogens is 290 g/mol. The van der Waals surface area contributed by atoms with Gasteiger partial charge in [-0.15, -0.1) is 0 Å². The monoisotopic (exact) mass is 311 g/mol. The summed E-state index contributed by atoms with van der Waals surface area (Å²) >= 11 is 0. The zero-order valence-corrected chi connectivity index (χ0v) is 12.9. The van der Waals surface area contributed by atoms with Gasteiger partial charge in [-0.1, -0.05) is 60.7 Å². The zero-order valence-electron chi connectivity index (χ0n) is 12.9. The molecular formula is C18H21N3O2. The van der Waals surface area contributed by atoms with Crippen LogP contribution in [-0.2, 0) is 12.8 Å². The van der Waals surface area contributed by atoms with Crippen LogP contribution in [0.15, 0.2) is 72.7 Å². The predicted octanol–water partition coefficient (Wildman–Crippen LogP) is 2.73. The second kappa shape index (κ2) is 9.25. The molecule has 2 rings (SSSR count). The lowest BCUT2D eigenvalue weighted by Crippen LogP contribution is -2.30. The molecule has 2 aromatic rings. The molecule has 5 nitrogen and oxygen atoms in total. The highest BCUT2D eigenvalue weighted by Gasteiger charge is 2.02. The highest BCUT2D eigenvalue weighted by molar-refractivity contribution is 5.16.